The molecule has 3 unspecified atom stereocenters. The minimum atomic E-state index is 0.616. The Morgan fingerprint density at radius 3 is 3.06 bits per heavy atom. The SMILES string of the molecule is CC1CCCC(NC(C)Cc2ccsc2)C1. The smallest absolute Gasteiger partial charge is 0.00820 e. The van der Waals surface area contributed by atoms with Gasteiger partial charge in [-0.05, 0) is 54.5 Å². The largest absolute Gasteiger partial charge is 0.311 e. The van der Waals surface area contributed by atoms with Crippen LogP contribution in [0.3, 0.4) is 0 Å². The fourth-order valence-electron chi connectivity index (χ4n) is 2.81. The van der Waals surface area contributed by atoms with Crippen LogP contribution in [0.5, 0.6) is 0 Å². The van der Waals surface area contributed by atoms with Crippen molar-refractivity contribution in [2.45, 2.75) is 58.0 Å². The summed E-state index contributed by atoms with van der Waals surface area (Å²) in [6.45, 7) is 4.70. The van der Waals surface area contributed by atoms with Gasteiger partial charge in [0.25, 0.3) is 0 Å². The van der Waals surface area contributed by atoms with Gasteiger partial charge in [-0.3, -0.25) is 0 Å². The van der Waals surface area contributed by atoms with Gasteiger partial charge in [0.15, 0.2) is 0 Å². The quantitative estimate of drug-likeness (QED) is 0.839. The predicted octanol–water partition coefficient (Wildman–Crippen LogP) is 3.85. The highest BCUT2D eigenvalue weighted by molar-refractivity contribution is 7.07. The van der Waals surface area contributed by atoms with E-state index in [0.29, 0.717) is 6.04 Å². The predicted molar refractivity (Wildman–Crippen MR) is 72.0 cm³/mol. The van der Waals surface area contributed by atoms with Gasteiger partial charge in [0, 0.05) is 12.1 Å². The molecule has 1 N–H and O–H groups in total. The van der Waals surface area contributed by atoms with Gasteiger partial charge < -0.3 is 5.32 Å². The molecule has 0 bridgehead atoms. The molecule has 1 saturated carbocycles. The Balaban J connectivity index is 1.76. The van der Waals surface area contributed by atoms with Crippen LogP contribution in [0.2, 0.25) is 0 Å². The second-order valence-corrected chi connectivity index (χ2v) is 6.15. The van der Waals surface area contributed by atoms with Gasteiger partial charge in [0.05, 0.1) is 0 Å². The van der Waals surface area contributed by atoms with E-state index in [1.54, 1.807) is 11.3 Å². The minimum absolute atomic E-state index is 0.616. The molecular formula is C14H23NS. The Morgan fingerprint density at radius 2 is 2.38 bits per heavy atom. The fourth-order valence-corrected chi connectivity index (χ4v) is 3.49. The first-order valence-corrected chi connectivity index (χ1v) is 7.45. The highest BCUT2D eigenvalue weighted by atomic mass is 32.1. The summed E-state index contributed by atoms with van der Waals surface area (Å²) < 4.78 is 0. The molecule has 1 aliphatic carbocycles. The average molecular weight is 237 g/mol. The Labute approximate surface area is 103 Å². The van der Waals surface area contributed by atoms with Crippen LogP contribution < -0.4 is 5.32 Å². The summed E-state index contributed by atoms with van der Waals surface area (Å²) in [6, 6.07) is 3.62. The lowest BCUT2D eigenvalue weighted by Crippen LogP contribution is -2.40. The van der Waals surface area contributed by atoms with Crippen LogP contribution >= 0.6 is 11.3 Å². The maximum Gasteiger partial charge on any atom is 0.00820 e. The van der Waals surface area contributed by atoms with Gasteiger partial charge in [0.2, 0.25) is 0 Å². The highest BCUT2D eigenvalue weighted by Crippen LogP contribution is 2.24. The maximum absolute atomic E-state index is 3.79. The molecule has 0 aliphatic heterocycles. The van der Waals surface area contributed by atoms with Crippen LogP contribution in [0.1, 0.15) is 45.1 Å². The van der Waals surface area contributed by atoms with E-state index in [4.69, 9.17) is 0 Å². The van der Waals surface area contributed by atoms with Crippen LogP contribution in [0.15, 0.2) is 16.8 Å². The summed E-state index contributed by atoms with van der Waals surface area (Å²) in [5.74, 6) is 0.916. The first-order chi connectivity index (χ1) is 7.74. The summed E-state index contributed by atoms with van der Waals surface area (Å²) >= 11 is 1.80. The van der Waals surface area contributed by atoms with Crippen molar-refractivity contribution < 1.29 is 0 Å². The van der Waals surface area contributed by atoms with Gasteiger partial charge >= 0.3 is 0 Å². The number of thiophene rings is 1. The van der Waals surface area contributed by atoms with Crippen LogP contribution in [0, 0.1) is 5.92 Å². The minimum Gasteiger partial charge on any atom is -0.311 e. The Kier molecular flexibility index (Phi) is 4.42. The van der Waals surface area contributed by atoms with Crippen LogP contribution in [0.4, 0.5) is 0 Å². The van der Waals surface area contributed by atoms with Gasteiger partial charge in [-0.25, -0.2) is 0 Å². The molecule has 90 valence electrons. The van der Waals surface area contributed by atoms with Gasteiger partial charge in [-0.15, -0.1) is 0 Å². The molecule has 2 rings (SSSR count). The van der Waals surface area contributed by atoms with E-state index in [2.05, 4.69) is 36.0 Å². The molecule has 0 amide bonds. The third kappa shape index (κ3) is 3.60. The summed E-state index contributed by atoms with van der Waals surface area (Å²) in [5, 5.41) is 8.23. The lowest BCUT2D eigenvalue weighted by Gasteiger charge is -2.30. The molecular weight excluding hydrogens is 214 g/mol. The molecule has 0 aromatic carbocycles. The zero-order chi connectivity index (χ0) is 11.4. The third-order valence-electron chi connectivity index (χ3n) is 3.58. The van der Waals surface area contributed by atoms with Gasteiger partial charge in [-0.2, -0.15) is 11.3 Å². The molecule has 1 aliphatic rings. The van der Waals surface area contributed by atoms with Crippen molar-refractivity contribution in [3.05, 3.63) is 22.4 Å². The van der Waals surface area contributed by atoms with Gasteiger partial charge in [0.1, 0.15) is 0 Å². The van der Waals surface area contributed by atoms with E-state index in [9.17, 15) is 0 Å². The average Bonchev–Trinajstić information content (AvgIpc) is 2.70. The van der Waals surface area contributed by atoms with Crippen LogP contribution in [-0.4, -0.2) is 12.1 Å². The van der Waals surface area contributed by atoms with Crippen molar-refractivity contribution in [3.8, 4) is 0 Å². The Bertz CT molecular complexity index is 294. The fraction of sp³-hybridized carbons (Fsp3) is 0.714. The second-order valence-electron chi connectivity index (χ2n) is 5.37. The Hall–Kier alpha value is -0.340. The van der Waals surface area contributed by atoms with E-state index >= 15 is 0 Å². The third-order valence-corrected chi connectivity index (χ3v) is 4.31. The molecule has 1 aromatic rings. The van der Waals surface area contributed by atoms with Crippen LogP contribution in [-0.2, 0) is 6.42 Å². The summed E-state index contributed by atoms with van der Waals surface area (Å²) in [5.41, 5.74) is 1.48. The number of rotatable bonds is 4. The van der Waals surface area contributed by atoms with Crippen molar-refractivity contribution in [1.29, 1.82) is 0 Å². The van der Waals surface area contributed by atoms with E-state index < -0.39 is 0 Å². The van der Waals surface area contributed by atoms with Crippen molar-refractivity contribution in [2.24, 2.45) is 5.92 Å². The van der Waals surface area contributed by atoms with E-state index in [1.807, 2.05) is 0 Å². The van der Waals surface area contributed by atoms with E-state index in [0.717, 1.165) is 12.0 Å². The monoisotopic (exact) mass is 237 g/mol. The standard InChI is InChI=1S/C14H23NS/c1-11-4-3-5-14(8-11)15-12(2)9-13-6-7-16-10-13/h6-7,10-12,14-15H,3-5,8-9H2,1-2H3. The lowest BCUT2D eigenvalue weighted by molar-refractivity contribution is 0.284. The van der Waals surface area contributed by atoms with Crippen LogP contribution in [0.25, 0.3) is 0 Å². The van der Waals surface area contributed by atoms with Crippen molar-refractivity contribution >= 4 is 11.3 Å². The van der Waals surface area contributed by atoms with Gasteiger partial charge in [-0.1, -0.05) is 19.8 Å². The van der Waals surface area contributed by atoms with Crippen molar-refractivity contribution in [2.75, 3.05) is 0 Å². The zero-order valence-electron chi connectivity index (χ0n) is 10.4. The second kappa shape index (κ2) is 5.83. The number of hydrogen-bond acceptors (Lipinski definition) is 2. The Morgan fingerprint density at radius 1 is 1.50 bits per heavy atom. The van der Waals surface area contributed by atoms with Crippen molar-refractivity contribution in [3.63, 3.8) is 0 Å². The maximum atomic E-state index is 3.79. The number of nitrogens with one attached hydrogen (secondary N) is 1. The molecule has 0 spiro atoms. The molecule has 0 radical (unpaired) electrons. The molecule has 16 heavy (non-hydrogen) atoms. The molecule has 1 heterocycles. The highest BCUT2D eigenvalue weighted by Gasteiger charge is 2.19. The van der Waals surface area contributed by atoms with E-state index in [-0.39, 0.29) is 0 Å². The zero-order valence-corrected chi connectivity index (χ0v) is 11.2. The lowest BCUT2D eigenvalue weighted by atomic mass is 9.86. The number of hydrogen-bond donors (Lipinski definition) is 1. The summed E-state index contributed by atoms with van der Waals surface area (Å²) in [6.07, 6.45) is 6.75. The molecule has 1 nitrogen and oxygen atoms in total. The molecule has 1 aromatic heterocycles. The molecule has 0 saturated heterocycles. The van der Waals surface area contributed by atoms with Crippen molar-refractivity contribution in [1.82, 2.24) is 5.32 Å². The summed E-state index contributed by atoms with van der Waals surface area (Å²) in [4.78, 5) is 0. The first-order valence-electron chi connectivity index (χ1n) is 6.51. The molecule has 3 atom stereocenters. The molecule has 2 heteroatoms. The normalized spacial score (nSPS) is 27.9. The summed E-state index contributed by atoms with van der Waals surface area (Å²) in [7, 11) is 0. The van der Waals surface area contributed by atoms with E-state index in [1.165, 1.54) is 37.7 Å². The topological polar surface area (TPSA) is 12.0 Å². The first kappa shape index (κ1) is 12.1. The molecule has 1 fully saturated rings.